The molecular formula is C22H19N5O3. The fraction of sp³-hybridized carbons (Fsp3) is 0.0909. The van der Waals surface area contributed by atoms with Crippen molar-refractivity contribution in [2.45, 2.75) is 6.92 Å². The second-order valence-corrected chi connectivity index (χ2v) is 6.92. The number of hydrogen-bond donors (Lipinski definition) is 1. The van der Waals surface area contributed by atoms with E-state index < -0.39 is 4.92 Å². The van der Waals surface area contributed by atoms with Crippen LogP contribution in [0.5, 0.6) is 0 Å². The molecule has 1 amide bonds. The minimum Gasteiger partial charge on any atom is -0.349 e. The smallest absolute Gasteiger partial charge is 0.274 e. The largest absolute Gasteiger partial charge is 0.349 e. The summed E-state index contributed by atoms with van der Waals surface area (Å²) < 4.78 is 3.40. The number of nitro groups is 1. The number of hydrogen-bond acceptors (Lipinski definition) is 4. The van der Waals surface area contributed by atoms with Crippen LogP contribution >= 0.6 is 0 Å². The van der Waals surface area contributed by atoms with Crippen LogP contribution in [0.1, 0.15) is 16.1 Å². The molecule has 150 valence electrons. The number of aryl methyl sites for hydroxylation is 2. The average molecular weight is 401 g/mol. The van der Waals surface area contributed by atoms with Crippen LogP contribution in [0.25, 0.3) is 17.1 Å². The molecule has 0 aliphatic carbocycles. The Kier molecular flexibility index (Phi) is 4.89. The van der Waals surface area contributed by atoms with Gasteiger partial charge in [0.1, 0.15) is 11.4 Å². The van der Waals surface area contributed by atoms with Crippen LogP contribution in [0.15, 0.2) is 72.9 Å². The third-order valence-corrected chi connectivity index (χ3v) is 4.76. The zero-order valence-electron chi connectivity index (χ0n) is 16.4. The third-order valence-electron chi connectivity index (χ3n) is 4.76. The molecule has 8 heteroatoms. The van der Waals surface area contributed by atoms with Gasteiger partial charge in [-0.05, 0) is 49.4 Å². The van der Waals surface area contributed by atoms with Crippen molar-refractivity contribution in [1.82, 2.24) is 14.3 Å². The summed E-state index contributed by atoms with van der Waals surface area (Å²) in [7, 11) is 1.90. The lowest BCUT2D eigenvalue weighted by atomic mass is 10.2. The second-order valence-electron chi connectivity index (χ2n) is 6.92. The highest BCUT2D eigenvalue weighted by atomic mass is 16.6. The van der Waals surface area contributed by atoms with Gasteiger partial charge in [0.05, 0.1) is 16.3 Å². The molecular weight excluding hydrogens is 382 g/mol. The number of carbonyl (C=O) groups excluding carboxylic acids is 1. The lowest BCUT2D eigenvalue weighted by Crippen LogP contribution is -2.17. The number of aromatic nitrogens is 3. The Labute approximate surface area is 172 Å². The van der Waals surface area contributed by atoms with Gasteiger partial charge in [0.2, 0.25) is 0 Å². The minimum atomic E-state index is -0.465. The van der Waals surface area contributed by atoms with Crippen LogP contribution in [0.4, 0.5) is 11.4 Å². The number of amides is 1. The SMILES string of the molecule is Cc1ccc(NC(=O)c2cc(-c3cccn3C)nn2-c2ccc([N+](=O)[O-])cc2)cc1. The van der Waals surface area contributed by atoms with E-state index >= 15 is 0 Å². The summed E-state index contributed by atoms with van der Waals surface area (Å²) in [4.78, 5) is 23.5. The molecule has 2 aromatic carbocycles. The normalized spacial score (nSPS) is 10.7. The first-order valence-corrected chi connectivity index (χ1v) is 9.27. The summed E-state index contributed by atoms with van der Waals surface area (Å²) in [6.07, 6.45) is 1.90. The number of carbonyl (C=O) groups is 1. The Bertz CT molecular complexity index is 1220. The molecule has 0 aliphatic rings. The molecule has 2 aromatic heterocycles. The van der Waals surface area contributed by atoms with Crippen LogP contribution in [-0.2, 0) is 7.05 Å². The Balaban J connectivity index is 1.76. The highest BCUT2D eigenvalue weighted by Crippen LogP contribution is 2.24. The van der Waals surface area contributed by atoms with E-state index in [1.807, 2.05) is 61.1 Å². The van der Waals surface area contributed by atoms with Crippen molar-refractivity contribution in [2.75, 3.05) is 5.32 Å². The molecule has 0 spiro atoms. The van der Waals surface area contributed by atoms with Gasteiger partial charge in [-0.2, -0.15) is 5.10 Å². The van der Waals surface area contributed by atoms with Gasteiger partial charge in [-0.3, -0.25) is 14.9 Å². The Morgan fingerprint density at radius 2 is 1.77 bits per heavy atom. The molecule has 8 nitrogen and oxygen atoms in total. The number of nitrogens with one attached hydrogen (secondary N) is 1. The van der Waals surface area contributed by atoms with E-state index in [-0.39, 0.29) is 11.6 Å². The number of non-ortho nitro benzene ring substituents is 1. The van der Waals surface area contributed by atoms with Crippen molar-refractivity contribution >= 4 is 17.3 Å². The fourth-order valence-electron chi connectivity index (χ4n) is 3.14. The molecule has 30 heavy (non-hydrogen) atoms. The first kappa shape index (κ1) is 19.1. The van der Waals surface area contributed by atoms with Gasteiger partial charge in [0.25, 0.3) is 11.6 Å². The summed E-state index contributed by atoms with van der Waals surface area (Å²) in [5.74, 6) is -0.329. The molecule has 0 radical (unpaired) electrons. The molecule has 0 fully saturated rings. The van der Waals surface area contributed by atoms with Crippen molar-refractivity contribution in [2.24, 2.45) is 7.05 Å². The molecule has 4 rings (SSSR count). The molecule has 2 heterocycles. The maximum Gasteiger partial charge on any atom is 0.274 e. The lowest BCUT2D eigenvalue weighted by Gasteiger charge is -2.08. The molecule has 0 aliphatic heterocycles. The number of nitro benzene ring substituents is 1. The summed E-state index contributed by atoms with van der Waals surface area (Å²) in [5, 5.41) is 18.4. The van der Waals surface area contributed by atoms with Crippen LogP contribution in [0, 0.1) is 17.0 Å². The Morgan fingerprint density at radius 1 is 1.07 bits per heavy atom. The summed E-state index contributed by atoms with van der Waals surface area (Å²) in [6.45, 7) is 1.97. The molecule has 0 atom stereocenters. The zero-order chi connectivity index (χ0) is 21.3. The maximum absolute atomic E-state index is 13.0. The van der Waals surface area contributed by atoms with Crippen LogP contribution in [0.2, 0.25) is 0 Å². The molecule has 0 unspecified atom stereocenters. The van der Waals surface area contributed by atoms with Crippen molar-refractivity contribution in [3.8, 4) is 17.1 Å². The van der Waals surface area contributed by atoms with E-state index in [2.05, 4.69) is 10.4 Å². The van der Waals surface area contributed by atoms with E-state index in [0.29, 0.717) is 22.8 Å². The molecule has 0 bridgehead atoms. The average Bonchev–Trinajstić information content (AvgIpc) is 3.36. The van der Waals surface area contributed by atoms with Crippen LogP contribution < -0.4 is 5.32 Å². The highest BCUT2D eigenvalue weighted by molar-refractivity contribution is 6.04. The first-order valence-electron chi connectivity index (χ1n) is 9.27. The van der Waals surface area contributed by atoms with E-state index in [1.54, 1.807) is 18.2 Å². The summed E-state index contributed by atoms with van der Waals surface area (Å²) in [5.41, 5.74) is 4.07. The summed E-state index contributed by atoms with van der Waals surface area (Å²) in [6, 6.07) is 18.9. The van der Waals surface area contributed by atoms with Gasteiger partial charge in [-0.1, -0.05) is 17.7 Å². The van der Waals surface area contributed by atoms with Gasteiger partial charge >= 0.3 is 0 Å². The van der Waals surface area contributed by atoms with Gasteiger partial charge < -0.3 is 9.88 Å². The first-order chi connectivity index (χ1) is 14.4. The van der Waals surface area contributed by atoms with Crippen molar-refractivity contribution in [1.29, 1.82) is 0 Å². The summed E-state index contributed by atoms with van der Waals surface area (Å²) >= 11 is 0. The quantitative estimate of drug-likeness (QED) is 0.397. The van der Waals surface area contributed by atoms with E-state index in [9.17, 15) is 14.9 Å². The van der Waals surface area contributed by atoms with Gasteiger partial charge in [-0.25, -0.2) is 4.68 Å². The van der Waals surface area contributed by atoms with Crippen molar-refractivity contribution in [3.05, 3.63) is 94.3 Å². The molecule has 0 saturated heterocycles. The van der Waals surface area contributed by atoms with Gasteiger partial charge in [0.15, 0.2) is 0 Å². The minimum absolute atomic E-state index is 0.0285. The number of anilines is 1. The van der Waals surface area contributed by atoms with E-state index in [0.717, 1.165) is 11.3 Å². The van der Waals surface area contributed by atoms with E-state index in [1.165, 1.54) is 16.8 Å². The molecule has 1 N–H and O–H groups in total. The second kappa shape index (κ2) is 7.67. The standard InChI is InChI=1S/C22H19N5O3/c1-15-5-7-16(8-6-15)23-22(28)21-14-19(20-4-3-13-25(20)2)24-26(21)17-9-11-18(12-10-17)27(29)30/h3-14H,1-2H3,(H,23,28). The zero-order valence-corrected chi connectivity index (χ0v) is 16.4. The monoisotopic (exact) mass is 401 g/mol. The molecule has 4 aromatic rings. The van der Waals surface area contributed by atoms with E-state index in [4.69, 9.17) is 0 Å². The van der Waals surface area contributed by atoms with Gasteiger partial charge in [0, 0.05) is 31.1 Å². The highest BCUT2D eigenvalue weighted by Gasteiger charge is 2.19. The number of nitrogens with zero attached hydrogens (tertiary/aromatic N) is 4. The lowest BCUT2D eigenvalue weighted by molar-refractivity contribution is -0.384. The van der Waals surface area contributed by atoms with Crippen LogP contribution in [0.3, 0.4) is 0 Å². The third kappa shape index (κ3) is 3.70. The maximum atomic E-state index is 13.0. The Morgan fingerprint density at radius 3 is 2.37 bits per heavy atom. The fourth-order valence-corrected chi connectivity index (χ4v) is 3.14. The number of benzene rings is 2. The predicted octanol–water partition coefficient (Wildman–Crippen LogP) is 4.35. The number of rotatable bonds is 5. The topological polar surface area (TPSA) is 95.0 Å². The van der Waals surface area contributed by atoms with Crippen molar-refractivity contribution < 1.29 is 9.72 Å². The predicted molar refractivity (Wildman–Crippen MR) is 114 cm³/mol. The Hall–Kier alpha value is -4.20. The van der Waals surface area contributed by atoms with Crippen molar-refractivity contribution in [3.63, 3.8) is 0 Å². The van der Waals surface area contributed by atoms with Gasteiger partial charge in [-0.15, -0.1) is 0 Å². The molecule has 0 saturated carbocycles. The van der Waals surface area contributed by atoms with Crippen LogP contribution in [-0.4, -0.2) is 25.2 Å².